The first-order valence-electron chi connectivity index (χ1n) is 20.5. The quantitative estimate of drug-likeness (QED) is 0.0900. The van der Waals surface area contributed by atoms with Crippen molar-refractivity contribution in [2.24, 2.45) is 0 Å². The molecule has 3 atom stereocenters. The van der Waals surface area contributed by atoms with Crippen LogP contribution in [-0.2, 0) is 66.8 Å². The molecule has 9 rings (SSSR count). The lowest BCUT2D eigenvalue weighted by molar-refractivity contribution is -0.134. The zero-order chi connectivity index (χ0) is 45.5. The van der Waals surface area contributed by atoms with Gasteiger partial charge in [0.1, 0.15) is 38.5 Å². The monoisotopic (exact) mass is 883 g/mol. The second kappa shape index (κ2) is 19.9. The van der Waals surface area contributed by atoms with Gasteiger partial charge in [-0.15, -0.1) is 6.42 Å². The van der Waals surface area contributed by atoms with Gasteiger partial charge < -0.3 is 52.5 Å². The smallest absolute Gasteiger partial charge is 0.637 e. The third-order valence-electron chi connectivity index (χ3n) is 11.3. The Morgan fingerprint density at radius 1 is 0.600 bits per heavy atom. The number of carbonyl (C=O) groups is 6. The minimum atomic E-state index is -2.46. The molecular weight excluding hydrogens is 835 g/mol. The number of carbonyl (C=O) groups excluding carboxylic acids is 6. The van der Waals surface area contributed by atoms with Gasteiger partial charge in [-0.05, 0) is 16.7 Å². The second-order valence-corrected chi connectivity index (χ2v) is 15.9. The maximum absolute atomic E-state index is 13.5. The van der Waals surface area contributed by atoms with Crippen LogP contribution in [0.1, 0.15) is 62.6 Å². The molecular formula is C46H48B3N3O13. The molecule has 2 N–H and O–H groups in total. The molecule has 19 heteroatoms. The number of hydrogen-bond donors (Lipinski definition) is 2. The zero-order valence-corrected chi connectivity index (χ0v) is 34.9. The molecule has 6 saturated heterocycles. The molecule has 3 aromatic carbocycles. The molecule has 0 bridgehead atoms. The van der Waals surface area contributed by atoms with Crippen molar-refractivity contribution in [2.45, 2.75) is 65.6 Å². The molecule has 3 unspecified atom stereocenters. The fraction of sp³-hybridized carbons (Fsp3) is 0.239. The van der Waals surface area contributed by atoms with E-state index in [2.05, 4.69) is 36.5 Å². The van der Waals surface area contributed by atoms with Gasteiger partial charge in [0, 0.05) is 30.5 Å². The van der Waals surface area contributed by atoms with Crippen LogP contribution in [0, 0.1) is 29.8 Å². The third kappa shape index (κ3) is 10.1. The molecule has 6 heterocycles. The van der Waals surface area contributed by atoms with Crippen LogP contribution in [0.3, 0.4) is 0 Å². The predicted molar refractivity (Wildman–Crippen MR) is 240 cm³/mol. The highest BCUT2D eigenvalue weighted by atomic mass is 16.7. The fourth-order valence-corrected chi connectivity index (χ4v) is 8.43. The lowest BCUT2D eigenvalue weighted by Crippen LogP contribution is -2.55. The van der Waals surface area contributed by atoms with Crippen LogP contribution in [0.25, 0.3) is 0 Å². The summed E-state index contributed by atoms with van der Waals surface area (Å²) in [5.74, 6) is 2.87. The van der Waals surface area contributed by atoms with Gasteiger partial charge in [-0.1, -0.05) is 124 Å². The Kier molecular flexibility index (Phi) is 14.3. The van der Waals surface area contributed by atoms with Gasteiger partial charge >= 0.3 is 37.6 Å². The van der Waals surface area contributed by atoms with E-state index in [1.807, 2.05) is 91.0 Å². The molecule has 0 spiro atoms. The second-order valence-electron chi connectivity index (χ2n) is 15.9. The number of nitrogens with zero attached hydrogens (tertiary/aromatic N) is 1. The molecule has 6 aliphatic heterocycles. The van der Waals surface area contributed by atoms with Crippen molar-refractivity contribution in [3.63, 3.8) is 0 Å². The molecule has 334 valence electrons. The van der Waals surface area contributed by atoms with Gasteiger partial charge in [0.2, 0.25) is 17.4 Å². The predicted octanol–water partition coefficient (Wildman–Crippen LogP) is 6.66. The van der Waals surface area contributed by atoms with Crippen LogP contribution in [0.15, 0.2) is 128 Å². The van der Waals surface area contributed by atoms with E-state index >= 15 is 0 Å². The van der Waals surface area contributed by atoms with Crippen LogP contribution in [0.2, 0.25) is 0 Å². The fourth-order valence-electron chi connectivity index (χ4n) is 8.43. The first kappa shape index (κ1) is 46.9. The third-order valence-corrected chi connectivity index (χ3v) is 11.3. The van der Waals surface area contributed by atoms with Crippen LogP contribution in [0.5, 0.6) is 0 Å². The van der Waals surface area contributed by atoms with Gasteiger partial charge in [0.05, 0.1) is 30.4 Å². The average molecular weight is 883 g/mol. The number of rotatable bonds is 11. The zero-order valence-electron chi connectivity index (χ0n) is 34.9. The number of amides is 3. The highest BCUT2D eigenvalue weighted by Gasteiger charge is 2.71. The van der Waals surface area contributed by atoms with Gasteiger partial charge in [0.15, 0.2) is 0 Å². The molecule has 0 radical (unpaired) electrons. The molecule has 3 aromatic rings. The topological polar surface area (TPSA) is 194 Å². The Morgan fingerprint density at radius 3 is 1.43 bits per heavy atom. The van der Waals surface area contributed by atoms with Crippen LogP contribution < -0.4 is 10.8 Å². The Morgan fingerprint density at radius 2 is 0.985 bits per heavy atom. The van der Waals surface area contributed by atoms with Crippen LogP contribution in [-0.4, -0.2) is 66.4 Å². The Balaban J connectivity index is 0.000000166. The molecule has 65 heavy (non-hydrogen) atoms. The highest BCUT2D eigenvalue weighted by molar-refractivity contribution is 7.04. The Hall–Kier alpha value is -7.58. The maximum atomic E-state index is 13.5. The molecule has 0 aromatic heterocycles. The van der Waals surface area contributed by atoms with E-state index in [4.69, 9.17) is 39.2 Å². The van der Waals surface area contributed by atoms with E-state index in [1.54, 1.807) is 4.90 Å². The minimum absolute atomic E-state index is 0. The van der Waals surface area contributed by atoms with Crippen molar-refractivity contribution in [2.75, 3.05) is 6.54 Å². The molecule has 6 aliphatic rings. The van der Waals surface area contributed by atoms with E-state index < -0.39 is 49.2 Å². The average Bonchev–Trinajstić information content (AvgIpc) is 4.08. The SMILES string of the molecule is C.C#CCNC(=O)[B-]12OC(=C)C[C+]1CC(=O)O2.C=C1C[C+]2CC(=O)O[B-]2(C(=O)N(Cc2ccccc2)Cc2ccccc2)O1.C=C1C[C+]2CC(=O)O[B-]2(C(=O)NOCc2ccccc2)O1. The van der Waals surface area contributed by atoms with E-state index in [0.29, 0.717) is 67.1 Å². The molecule has 16 nitrogen and oxygen atoms in total. The van der Waals surface area contributed by atoms with Crippen molar-refractivity contribution in [3.05, 3.63) is 162 Å². The normalized spacial score (nSPS) is 22.8. The van der Waals surface area contributed by atoms with Gasteiger partial charge in [-0.2, -0.15) is 0 Å². The summed E-state index contributed by atoms with van der Waals surface area (Å²) in [6, 6.07) is 28.9. The van der Waals surface area contributed by atoms with E-state index in [9.17, 15) is 28.8 Å². The molecule has 3 amide bonds. The minimum Gasteiger partial charge on any atom is -0.637 e. The van der Waals surface area contributed by atoms with Gasteiger partial charge in [-0.25, -0.2) is 0 Å². The van der Waals surface area contributed by atoms with Gasteiger partial charge in [-0.3, -0.25) is 24.7 Å². The van der Waals surface area contributed by atoms with E-state index in [-0.39, 0.29) is 45.6 Å². The molecule has 6 fully saturated rings. The van der Waals surface area contributed by atoms with Crippen molar-refractivity contribution in [1.82, 2.24) is 15.7 Å². The first-order chi connectivity index (χ1) is 30.7. The van der Waals surface area contributed by atoms with Crippen LogP contribution in [0.4, 0.5) is 14.4 Å². The van der Waals surface area contributed by atoms with Crippen LogP contribution >= 0.6 is 0 Å². The number of nitrogens with one attached hydrogen (secondary N) is 2. The molecule has 0 aliphatic carbocycles. The summed E-state index contributed by atoms with van der Waals surface area (Å²) in [6.07, 6.45) is 6.53. The lowest BCUT2D eigenvalue weighted by atomic mass is 9.47. The van der Waals surface area contributed by atoms with Gasteiger partial charge in [0.25, 0.3) is 0 Å². The number of allylic oxidation sites excluding steroid dienone is 3. The summed E-state index contributed by atoms with van der Waals surface area (Å²) in [5, 5.41) is 2.47. The number of terminal acetylenes is 1. The molecule has 0 saturated carbocycles. The number of hydrogen-bond acceptors (Lipinski definition) is 13. The largest absolute Gasteiger partial charge is 0.643 e. The number of benzene rings is 3. The maximum Gasteiger partial charge on any atom is 0.643 e. The summed E-state index contributed by atoms with van der Waals surface area (Å²) in [5.41, 5.74) is 5.20. The highest BCUT2D eigenvalue weighted by Crippen LogP contribution is 2.47. The number of fused-ring (bicyclic) bond motifs is 3. The summed E-state index contributed by atoms with van der Waals surface area (Å²) < 4.78 is 32.1. The van der Waals surface area contributed by atoms with E-state index in [0.717, 1.165) is 16.7 Å². The Labute approximate surface area is 377 Å². The van der Waals surface area contributed by atoms with E-state index in [1.165, 1.54) is 0 Å². The first-order valence-corrected chi connectivity index (χ1v) is 20.5. The lowest BCUT2D eigenvalue weighted by Gasteiger charge is -2.32. The summed E-state index contributed by atoms with van der Waals surface area (Å²) in [4.78, 5) is 79.0. The van der Waals surface area contributed by atoms with Crippen molar-refractivity contribution in [1.29, 1.82) is 0 Å². The summed E-state index contributed by atoms with van der Waals surface area (Å²) >= 11 is 0. The summed E-state index contributed by atoms with van der Waals surface area (Å²) in [6.45, 7) is 4.96. The standard InChI is InChI=1S/C21H20BNO4.C14H14BNO5.C10H10BNO4.CH4/c1-16-12-19-13-20(24)27-22(19,26-16)21(25)23(14-17-8-4-2-5-9-17)15-18-10-6-3-7-11-18;1-10-7-12-8-13(17)21-15(12,20-10)14(18)16-19-9-11-5-3-2-4-6-11;1-3-4-12-10(14)11-8(5-7(2)15-11)6-9(13)16-11;/h2-11H,1,12-15H2;2-6H,1,7-9H2,(H,16,18);1H,2,4-6H2,(H,12,14);1H4. The van der Waals surface area contributed by atoms with Crippen molar-refractivity contribution >= 4 is 55.0 Å². The Bertz CT molecular complexity index is 2280. The summed E-state index contributed by atoms with van der Waals surface area (Å²) in [7, 11) is 0. The number of hydroxylamine groups is 1. The van der Waals surface area contributed by atoms with Crippen molar-refractivity contribution < 1.29 is 61.5 Å². The van der Waals surface area contributed by atoms with Crippen molar-refractivity contribution in [3.8, 4) is 12.3 Å².